The molecule has 0 aliphatic rings. The summed E-state index contributed by atoms with van der Waals surface area (Å²) >= 11 is 0. The van der Waals surface area contributed by atoms with Crippen molar-refractivity contribution in [2.45, 2.75) is 31.5 Å². The molecule has 4 rings (SSSR count). The summed E-state index contributed by atoms with van der Waals surface area (Å²) in [5.41, 5.74) is 3.85. The first kappa shape index (κ1) is 25.4. The molecule has 0 saturated carbocycles. The van der Waals surface area contributed by atoms with Gasteiger partial charge in [-0.1, -0.05) is 121 Å². The molecule has 0 heterocycles. The van der Waals surface area contributed by atoms with Crippen molar-refractivity contribution in [3.63, 3.8) is 0 Å². The second-order valence-corrected chi connectivity index (χ2v) is 9.13. The van der Waals surface area contributed by atoms with Crippen LogP contribution in [0.3, 0.4) is 0 Å². The lowest BCUT2D eigenvalue weighted by Gasteiger charge is -2.37. The van der Waals surface area contributed by atoms with E-state index in [9.17, 15) is 15.0 Å². The van der Waals surface area contributed by atoms with E-state index >= 15 is 0 Å². The van der Waals surface area contributed by atoms with Gasteiger partial charge in [0.1, 0.15) is 11.5 Å². The number of hydrogen-bond acceptors (Lipinski definition) is 3. The van der Waals surface area contributed by atoms with E-state index in [1.807, 2.05) is 116 Å². The normalized spacial score (nSPS) is 13.2. The van der Waals surface area contributed by atoms with Crippen LogP contribution < -0.4 is 0 Å². The standard InChI is InChI=1S/C32H32O4/c1-24-12-11-13-25(22-24)20-21-30(33)29(31(34)35)23-36-32(26-14-5-2-6-15-26,27-16-7-3-8-17-27)28-18-9-4-10-19-28/h2-19,22,29-30,33H,20-21,23H2,1H3,(H,34,35)/t29-,30-/m0/s1. The molecule has 4 heteroatoms. The maximum absolute atomic E-state index is 12.3. The van der Waals surface area contributed by atoms with Crippen molar-refractivity contribution >= 4 is 5.97 Å². The molecule has 0 saturated heterocycles. The number of rotatable bonds is 11. The highest BCUT2D eigenvalue weighted by atomic mass is 16.5. The van der Waals surface area contributed by atoms with Crippen molar-refractivity contribution in [3.05, 3.63) is 143 Å². The lowest BCUT2D eigenvalue weighted by atomic mass is 9.80. The summed E-state index contributed by atoms with van der Waals surface area (Å²) in [6, 6.07) is 37.5. The monoisotopic (exact) mass is 480 g/mol. The number of aliphatic carboxylic acids is 1. The van der Waals surface area contributed by atoms with Gasteiger partial charge in [0, 0.05) is 0 Å². The minimum atomic E-state index is -1.08. The molecule has 36 heavy (non-hydrogen) atoms. The summed E-state index contributed by atoms with van der Waals surface area (Å²) in [6.45, 7) is 1.87. The van der Waals surface area contributed by atoms with Crippen LogP contribution in [-0.2, 0) is 21.6 Å². The molecule has 4 nitrogen and oxygen atoms in total. The fourth-order valence-corrected chi connectivity index (χ4v) is 4.71. The summed E-state index contributed by atoms with van der Waals surface area (Å²) in [4.78, 5) is 12.3. The lowest BCUT2D eigenvalue weighted by molar-refractivity contribution is -0.151. The molecule has 0 radical (unpaired) electrons. The van der Waals surface area contributed by atoms with Crippen LogP contribution in [0.2, 0.25) is 0 Å². The van der Waals surface area contributed by atoms with Gasteiger partial charge in [0.2, 0.25) is 0 Å². The van der Waals surface area contributed by atoms with Crippen LogP contribution in [-0.4, -0.2) is 28.9 Å². The van der Waals surface area contributed by atoms with Crippen LogP contribution in [0.4, 0.5) is 0 Å². The van der Waals surface area contributed by atoms with Crippen LogP contribution in [0, 0.1) is 12.8 Å². The molecular weight excluding hydrogens is 448 g/mol. The van der Waals surface area contributed by atoms with E-state index in [0.717, 1.165) is 27.8 Å². The number of aliphatic hydroxyl groups excluding tert-OH is 1. The SMILES string of the molecule is Cc1cccc(CC[C@H](O)[C@H](COC(c2ccccc2)(c2ccccc2)c2ccccc2)C(=O)O)c1. The highest BCUT2D eigenvalue weighted by Gasteiger charge is 2.39. The molecule has 0 spiro atoms. The number of aliphatic hydroxyl groups is 1. The molecule has 2 N–H and O–H groups in total. The summed E-state index contributed by atoms with van der Waals surface area (Å²) in [6.07, 6.45) is -0.130. The maximum atomic E-state index is 12.3. The molecule has 184 valence electrons. The van der Waals surface area contributed by atoms with Gasteiger partial charge in [0.05, 0.1) is 12.7 Å². The zero-order chi connectivity index (χ0) is 25.4. The topological polar surface area (TPSA) is 66.8 Å². The van der Waals surface area contributed by atoms with Gasteiger partial charge in [-0.25, -0.2) is 0 Å². The Balaban J connectivity index is 1.66. The molecule has 4 aromatic carbocycles. The van der Waals surface area contributed by atoms with Gasteiger partial charge in [-0.3, -0.25) is 4.79 Å². The predicted molar refractivity (Wildman–Crippen MR) is 142 cm³/mol. The Labute approximate surface area is 212 Å². The Morgan fingerprint density at radius 2 is 1.28 bits per heavy atom. The minimum Gasteiger partial charge on any atom is -0.481 e. The second kappa shape index (κ2) is 11.8. The summed E-state index contributed by atoms with van der Waals surface area (Å²) in [7, 11) is 0. The molecule has 0 amide bonds. The number of carbonyl (C=O) groups is 1. The molecular formula is C32H32O4. The number of carboxylic acids is 1. The van der Waals surface area contributed by atoms with E-state index < -0.39 is 23.6 Å². The van der Waals surface area contributed by atoms with Crippen LogP contribution in [0.25, 0.3) is 0 Å². The number of hydrogen-bond donors (Lipinski definition) is 2. The molecule has 0 bridgehead atoms. The number of ether oxygens (including phenoxy) is 1. The quantitative estimate of drug-likeness (QED) is 0.259. The van der Waals surface area contributed by atoms with E-state index in [1.54, 1.807) is 0 Å². The zero-order valence-corrected chi connectivity index (χ0v) is 20.5. The highest BCUT2D eigenvalue weighted by Crippen LogP contribution is 2.41. The third kappa shape index (κ3) is 5.73. The molecule has 0 aliphatic carbocycles. The smallest absolute Gasteiger partial charge is 0.311 e. The van der Waals surface area contributed by atoms with E-state index in [4.69, 9.17) is 4.74 Å². The van der Waals surface area contributed by atoms with Crippen molar-refractivity contribution in [2.24, 2.45) is 5.92 Å². The van der Waals surface area contributed by atoms with E-state index in [-0.39, 0.29) is 6.61 Å². The number of benzene rings is 4. The van der Waals surface area contributed by atoms with Crippen molar-refractivity contribution in [2.75, 3.05) is 6.61 Å². The Kier molecular flexibility index (Phi) is 8.32. The average Bonchev–Trinajstić information content (AvgIpc) is 2.91. The second-order valence-electron chi connectivity index (χ2n) is 9.13. The van der Waals surface area contributed by atoms with Gasteiger partial charge in [-0.05, 0) is 42.0 Å². The van der Waals surface area contributed by atoms with E-state index in [1.165, 1.54) is 0 Å². The third-order valence-electron chi connectivity index (χ3n) is 6.61. The first-order chi connectivity index (χ1) is 17.5. The molecule has 0 aliphatic heterocycles. The molecule has 4 aromatic rings. The lowest BCUT2D eigenvalue weighted by Crippen LogP contribution is -2.39. The average molecular weight is 481 g/mol. The van der Waals surface area contributed by atoms with Crippen molar-refractivity contribution in [3.8, 4) is 0 Å². The van der Waals surface area contributed by atoms with Gasteiger partial charge in [0.15, 0.2) is 0 Å². The highest BCUT2D eigenvalue weighted by molar-refractivity contribution is 5.71. The fraction of sp³-hybridized carbons (Fsp3) is 0.219. The maximum Gasteiger partial charge on any atom is 0.311 e. The summed E-state index contributed by atoms with van der Waals surface area (Å²) in [5, 5.41) is 21.0. The van der Waals surface area contributed by atoms with Crippen molar-refractivity contribution < 1.29 is 19.7 Å². The first-order valence-corrected chi connectivity index (χ1v) is 12.3. The van der Waals surface area contributed by atoms with Gasteiger partial charge in [0.25, 0.3) is 0 Å². The van der Waals surface area contributed by atoms with Crippen molar-refractivity contribution in [1.82, 2.24) is 0 Å². The summed E-state index contributed by atoms with van der Waals surface area (Å²) in [5.74, 6) is -2.15. The molecule has 2 atom stereocenters. The van der Waals surface area contributed by atoms with Crippen LogP contribution >= 0.6 is 0 Å². The number of carboxylic acid groups (broad SMARTS) is 1. The van der Waals surface area contributed by atoms with Gasteiger partial charge in [-0.2, -0.15) is 0 Å². The van der Waals surface area contributed by atoms with Crippen LogP contribution in [0.5, 0.6) is 0 Å². The molecule has 0 fully saturated rings. The third-order valence-corrected chi connectivity index (χ3v) is 6.61. The van der Waals surface area contributed by atoms with E-state index in [0.29, 0.717) is 12.8 Å². The van der Waals surface area contributed by atoms with Gasteiger partial charge in [-0.15, -0.1) is 0 Å². The Bertz CT molecular complexity index is 1140. The predicted octanol–water partition coefficient (Wildman–Crippen LogP) is 6.00. The summed E-state index contributed by atoms with van der Waals surface area (Å²) < 4.78 is 6.66. The zero-order valence-electron chi connectivity index (χ0n) is 20.5. The minimum absolute atomic E-state index is 0.150. The van der Waals surface area contributed by atoms with Crippen LogP contribution in [0.1, 0.15) is 34.2 Å². The van der Waals surface area contributed by atoms with Crippen molar-refractivity contribution in [1.29, 1.82) is 0 Å². The molecule has 0 unspecified atom stereocenters. The molecule has 0 aromatic heterocycles. The van der Waals surface area contributed by atoms with Gasteiger partial charge < -0.3 is 14.9 Å². The Hall–Kier alpha value is -3.73. The Morgan fingerprint density at radius 1 is 0.778 bits per heavy atom. The van der Waals surface area contributed by atoms with Crippen LogP contribution in [0.15, 0.2) is 115 Å². The number of aryl methyl sites for hydroxylation is 2. The fourth-order valence-electron chi connectivity index (χ4n) is 4.71. The van der Waals surface area contributed by atoms with E-state index in [2.05, 4.69) is 6.07 Å². The largest absolute Gasteiger partial charge is 0.481 e. The first-order valence-electron chi connectivity index (χ1n) is 12.3. The van der Waals surface area contributed by atoms with Gasteiger partial charge >= 0.3 is 5.97 Å². The Morgan fingerprint density at radius 3 is 1.72 bits per heavy atom.